The highest BCUT2D eigenvalue weighted by Crippen LogP contribution is 2.31. The number of rotatable bonds is 5. The van der Waals surface area contributed by atoms with Crippen molar-refractivity contribution >= 4 is 15.9 Å². The molecule has 1 aliphatic heterocycles. The van der Waals surface area contributed by atoms with Gasteiger partial charge in [-0.1, -0.05) is 24.2 Å². The van der Waals surface area contributed by atoms with E-state index in [-0.39, 0.29) is 11.8 Å². The van der Waals surface area contributed by atoms with Crippen LogP contribution in [0.4, 0.5) is 0 Å². The van der Waals surface area contributed by atoms with Crippen LogP contribution in [-0.4, -0.2) is 38.0 Å². The number of carbonyl (C=O) groups is 1. The number of hydrogen-bond acceptors (Lipinski definition) is 5. The van der Waals surface area contributed by atoms with Crippen molar-refractivity contribution in [2.45, 2.75) is 51.0 Å². The molecular formula is C19H25N3O4S. The molecule has 1 aliphatic rings. The fourth-order valence-corrected chi connectivity index (χ4v) is 4.87. The topological polar surface area (TPSA) is 92.5 Å². The third kappa shape index (κ3) is 3.51. The van der Waals surface area contributed by atoms with Crippen LogP contribution in [0.5, 0.6) is 0 Å². The van der Waals surface area contributed by atoms with Gasteiger partial charge in [0, 0.05) is 18.7 Å². The van der Waals surface area contributed by atoms with Crippen molar-refractivity contribution in [3.63, 3.8) is 0 Å². The highest BCUT2D eigenvalue weighted by atomic mass is 32.2. The number of carbonyl (C=O) groups excluding carboxylic acids is 1. The van der Waals surface area contributed by atoms with E-state index in [2.05, 4.69) is 9.88 Å². The molecular weight excluding hydrogens is 366 g/mol. The lowest BCUT2D eigenvalue weighted by Crippen LogP contribution is -2.39. The Balaban J connectivity index is 1.90. The Bertz CT molecular complexity index is 946. The quantitative estimate of drug-likeness (QED) is 0.844. The lowest BCUT2D eigenvalue weighted by molar-refractivity contribution is -0.133. The van der Waals surface area contributed by atoms with E-state index in [0.29, 0.717) is 36.6 Å². The number of amides is 1. The Hall–Kier alpha value is -2.19. The molecule has 1 aromatic carbocycles. The first kappa shape index (κ1) is 19.6. The van der Waals surface area contributed by atoms with Gasteiger partial charge in [-0.15, -0.1) is 0 Å². The molecule has 7 nitrogen and oxygen atoms in total. The van der Waals surface area contributed by atoms with Crippen LogP contribution in [0, 0.1) is 13.8 Å². The second-order valence-corrected chi connectivity index (χ2v) is 8.66. The van der Waals surface area contributed by atoms with E-state index in [1.54, 1.807) is 17.0 Å². The number of sulfonamides is 1. The summed E-state index contributed by atoms with van der Waals surface area (Å²) in [4.78, 5) is 15.3. The maximum absolute atomic E-state index is 13.2. The van der Waals surface area contributed by atoms with Gasteiger partial charge in [0.05, 0.1) is 16.5 Å². The van der Waals surface area contributed by atoms with Crippen LogP contribution in [-0.2, 0) is 27.8 Å². The summed E-state index contributed by atoms with van der Waals surface area (Å²) in [6.45, 7) is 6.54. The second kappa shape index (κ2) is 7.44. The Kier molecular flexibility index (Phi) is 5.39. The molecule has 1 unspecified atom stereocenters. The molecule has 1 aromatic heterocycles. The molecule has 3 rings (SSSR count). The summed E-state index contributed by atoms with van der Waals surface area (Å²) in [6, 6.07) is 5.23. The lowest BCUT2D eigenvalue weighted by Gasteiger charge is -2.32. The van der Waals surface area contributed by atoms with E-state index < -0.39 is 10.0 Å². The number of benzene rings is 1. The van der Waals surface area contributed by atoms with Crippen LogP contribution in [0.25, 0.3) is 0 Å². The molecule has 0 radical (unpaired) electrons. The molecule has 0 saturated carbocycles. The fourth-order valence-electron chi connectivity index (χ4n) is 3.83. The van der Waals surface area contributed by atoms with Gasteiger partial charge in [0.2, 0.25) is 15.9 Å². The summed E-state index contributed by atoms with van der Waals surface area (Å²) in [5.74, 6) is 0.397. The molecule has 146 valence electrons. The van der Waals surface area contributed by atoms with Gasteiger partial charge in [0.1, 0.15) is 5.76 Å². The van der Waals surface area contributed by atoms with Crippen LogP contribution in [0.1, 0.15) is 47.4 Å². The molecule has 1 atom stereocenters. The fraction of sp³-hybridized carbons (Fsp3) is 0.474. The van der Waals surface area contributed by atoms with Crippen LogP contribution in [0.3, 0.4) is 0 Å². The van der Waals surface area contributed by atoms with E-state index in [1.165, 1.54) is 7.05 Å². The molecule has 2 heterocycles. The smallest absolute Gasteiger partial charge is 0.240 e. The summed E-state index contributed by atoms with van der Waals surface area (Å²) in [7, 11) is -2.11. The van der Waals surface area contributed by atoms with Crippen molar-refractivity contribution in [1.82, 2.24) is 14.8 Å². The molecule has 0 bridgehead atoms. The first-order chi connectivity index (χ1) is 12.8. The minimum atomic E-state index is -3.52. The number of fused-ring (bicyclic) bond motifs is 1. The predicted molar refractivity (Wildman–Crippen MR) is 101 cm³/mol. The zero-order valence-corrected chi connectivity index (χ0v) is 16.9. The Labute approximate surface area is 159 Å². The second-order valence-electron chi connectivity index (χ2n) is 6.81. The van der Waals surface area contributed by atoms with Crippen molar-refractivity contribution < 1.29 is 17.7 Å². The van der Waals surface area contributed by atoms with E-state index >= 15 is 0 Å². The normalized spacial score (nSPS) is 15.5. The van der Waals surface area contributed by atoms with E-state index in [9.17, 15) is 13.2 Å². The maximum atomic E-state index is 13.2. The van der Waals surface area contributed by atoms with Crippen LogP contribution in [0.15, 0.2) is 27.6 Å². The first-order valence-corrected chi connectivity index (χ1v) is 10.5. The molecule has 8 heteroatoms. The van der Waals surface area contributed by atoms with Crippen LogP contribution >= 0.6 is 0 Å². The molecule has 0 spiro atoms. The maximum Gasteiger partial charge on any atom is 0.240 e. The van der Waals surface area contributed by atoms with Gasteiger partial charge in [-0.25, -0.2) is 13.1 Å². The molecule has 0 saturated heterocycles. The van der Waals surface area contributed by atoms with Gasteiger partial charge < -0.3 is 9.42 Å². The van der Waals surface area contributed by atoms with Crippen molar-refractivity contribution in [2.24, 2.45) is 0 Å². The molecule has 0 fully saturated rings. The summed E-state index contributed by atoms with van der Waals surface area (Å²) < 4.78 is 32.1. The number of hydrogen-bond donors (Lipinski definition) is 1. The van der Waals surface area contributed by atoms with E-state index in [1.807, 2.05) is 26.8 Å². The lowest BCUT2D eigenvalue weighted by atomic mass is 9.91. The van der Waals surface area contributed by atoms with Gasteiger partial charge in [0.25, 0.3) is 0 Å². The van der Waals surface area contributed by atoms with Crippen LogP contribution < -0.4 is 4.72 Å². The largest absolute Gasteiger partial charge is 0.361 e. The van der Waals surface area contributed by atoms with Gasteiger partial charge in [-0.3, -0.25) is 4.79 Å². The summed E-state index contributed by atoms with van der Waals surface area (Å²) in [5, 5.41) is 3.98. The zero-order valence-electron chi connectivity index (χ0n) is 16.1. The minimum Gasteiger partial charge on any atom is -0.361 e. The van der Waals surface area contributed by atoms with Crippen molar-refractivity contribution in [2.75, 3.05) is 13.6 Å². The van der Waals surface area contributed by atoms with Crippen molar-refractivity contribution in [3.8, 4) is 0 Å². The summed E-state index contributed by atoms with van der Waals surface area (Å²) in [6.07, 6.45) is 1.16. The molecule has 1 N–H and O–H groups in total. The third-order valence-electron chi connectivity index (χ3n) is 5.24. The highest BCUT2D eigenvalue weighted by Gasteiger charge is 2.32. The Morgan fingerprint density at radius 2 is 2.11 bits per heavy atom. The van der Waals surface area contributed by atoms with E-state index in [4.69, 9.17) is 4.52 Å². The van der Waals surface area contributed by atoms with Gasteiger partial charge in [-0.05, 0) is 50.9 Å². The van der Waals surface area contributed by atoms with Gasteiger partial charge >= 0.3 is 0 Å². The van der Waals surface area contributed by atoms with Gasteiger partial charge in [-0.2, -0.15) is 0 Å². The number of aromatic nitrogens is 1. The molecule has 27 heavy (non-hydrogen) atoms. The number of aryl methyl sites for hydroxylation is 2. The molecule has 0 aliphatic carbocycles. The standard InChI is InChI=1S/C19H25N3O4S/c1-5-15(18-12(2)21-26-13(18)3)19(23)22-10-9-16-14(11-22)7-6-8-17(16)27(24,25)20-4/h6-8,15,20H,5,9-11H2,1-4H3. The Morgan fingerprint density at radius 1 is 1.37 bits per heavy atom. The third-order valence-corrected chi connectivity index (χ3v) is 6.74. The van der Waals surface area contributed by atoms with Crippen LogP contribution in [0.2, 0.25) is 0 Å². The minimum absolute atomic E-state index is 0.0272. The zero-order chi connectivity index (χ0) is 19.8. The first-order valence-electron chi connectivity index (χ1n) is 9.06. The predicted octanol–water partition coefficient (Wildman–Crippen LogP) is 2.28. The molecule has 1 amide bonds. The monoisotopic (exact) mass is 391 g/mol. The average Bonchev–Trinajstić information content (AvgIpc) is 3.00. The summed E-state index contributed by atoms with van der Waals surface area (Å²) in [5.41, 5.74) is 3.27. The number of nitrogens with one attached hydrogen (secondary N) is 1. The number of nitrogens with zero attached hydrogens (tertiary/aromatic N) is 2. The SMILES string of the molecule is CCC(C(=O)N1CCc2c(cccc2S(=O)(=O)NC)C1)c1c(C)noc1C. The summed E-state index contributed by atoms with van der Waals surface area (Å²) >= 11 is 0. The van der Waals surface area contributed by atoms with Crippen molar-refractivity contribution in [3.05, 3.63) is 46.3 Å². The highest BCUT2D eigenvalue weighted by molar-refractivity contribution is 7.89. The average molecular weight is 391 g/mol. The van der Waals surface area contributed by atoms with Gasteiger partial charge in [0.15, 0.2) is 0 Å². The van der Waals surface area contributed by atoms with Crippen molar-refractivity contribution in [1.29, 1.82) is 0 Å². The molecule has 2 aromatic rings. The van der Waals surface area contributed by atoms with E-state index in [0.717, 1.165) is 22.4 Å². The Morgan fingerprint density at radius 3 is 2.70 bits per heavy atom.